The predicted octanol–water partition coefficient (Wildman–Crippen LogP) is 2.12. The summed E-state index contributed by atoms with van der Waals surface area (Å²) in [5.74, 6) is 0. The third kappa shape index (κ3) is 2.48. The van der Waals surface area contributed by atoms with Crippen LogP contribution in [0.5, 0.6) is 0 Å². The van der Waals surface area contributed by atoms with E-state index in [2.05, 4.69) is 36.8 Å². The van der Waals surface area contributed by atoms with Crippen molar-refractivity contribution in [3.63, 3.8) is 0 Å². The SMILES string of the molecule is Cc1c(Cl)cccc1N1CC(C)N(C)C(CN)C1. The van der Waals surface area contributed by atoms with Crippen LogP contribution >= 0.6 is 11.6 Å². The second-order valence-electron chi connectivity index (χ2n) is 5.19. The molecular formula is C14H22ClN3. The normalized spacial score (nSPS) is 25.5. The third-order valence-corrected chi connectivity index (χ3v) is 4.45. The molecule has 1 heterocycles. The van der Waals surface area contributed by atoms with Gasteiger partial charge in [0.15, 0.2) is 0 Å². The lowest BCUT2D eigenvalue weighted by Gasteiger charge is -2.45. The number of nitrogens with two attached hydrogens (primary N) is 1. The molecule has 1 fully saturated rings. The molecule has 18 heavy (non-hydrogen) atoms. The van der Waals surface area contributed by atoms with Gasteiger partial charge in [-0.3, -0.25) is 4.90 Å². The van der Waals surface area contributed by atoms with Crippen LogP contribution in [-0.2, 0) is 0 Å². The fraction of sp³-hybridized carbons (Fsp3) is 0.571. The first-order chi connectivity index (χ1) is 8.54. The number of hydrogen-bond donors (Lipinski definition) is 1. The van der Waals surface area contributed by atoms with E-state index in [4.69, 9.17) is 17.3 Å². The van der Waals surface area contributed by atoms with Crippen molar-refractivity contribution in [1.82, 2.24) is 4.90 Å². The molecule has 0 saturated carbocycles. The zero-order chi connectivity index (χ0) is 13.3. The van der Waals surface area contributed by atoms with Gasteiger partial charge in [0.2, 0.25) is 0 Å². The molecule has 0 spiro atoms. The molecule has 2 unspecified atom stereocenters. The Morgan fingerprint density at radius 3 is 2.78 bits per heavy atom. The van der Waals surface area contributed by atoms with Crippen molar-refractivity contribution in [2.24, 2.45) is 5.73 Å². The van der Waals surface area contributed by atoms with Gasteiger partial charge in [0.25, 0.3) is 0 Å². The van der Waals surface area contributed by atoms with Gasteiger partial charge in [-0.05, 0) is 38.6 Å². The number of piperazine rings is 1. The minimum atomic E-state index is 0.409. The van der Waals surface area contributed by atoms with Crippen LogP contribution in [0, 0.1) is 6.92 Å². The minimum Gasteiger partial charge on any atom is -0.368 e. The molecule has 2 N–H and O–H groups in total. The van der Waals surface area contributed by atoms with Gasteiger partial charge in [0, 0.05) is 42.4 Å². The Morgan fingerprint density at radius 2 is 2.11 bits per heavy atom. The number of hydrogen-bond acceptors (Lipinski definition) is 3. The van der Waals surface area contributed by atoms with Crippen LogP contribution in [0.2, 0.25) is 5.02 Å². The second-order valence-corrected chi connectivity index (χ2v) is 5.60. The third-order valence-electron chi connectivity index (χ3n) is 4.04. The van der Waals surface area contributed by atoms with Gasteiger partial charge in [-0.1, -0.05) is 17.7 Å². The maximum Gasteiger partial charge on any atom is 0.0455 e. The summed E-state index contributed by atoms with van der Waals surface area (Å²) in [5.41, 5.74) is 8.27. The van der Waals surface area contributed by atoms with E-state index in [1.165, 1.54) is 5.69 Å². The molecule has 1 aromatic rings. The highest BCUT2D eigenvalue weighted by Gasteiger charge is 2.29. The van der Waals surface area contributed by atoms with E-state index in [0.29, 0.717) is 18.6 Å². The van der Waals surface area contributed by atoms with Crippen molar-refractivity contribution in [2.75, 3.05) is 31.6 Å². The maximum atomic E-state index is 6.21. The summed E-state index contributed by atoms with van der Waals surface area (Å²) < 4.78 is 0. The van der Waals surface area contributed by atoms with E-state index in [1.54, 1.807) is 0 Å². The minimum absolute atomic E-state index is 0.409. The number of anilines is 1. The highest BCUT2D eigenvalue weighted by molar-refractivity contribution is 6.31. The summed E-state index contributed by atoms with van der Waals surface area (Å²) in [6, 6.07) is 7.02. The standard InChI is InChI=1S/C14H22ClN3/c1-10-8-18(9-12(7-16)17(10)3)14-6-4-5-13(15)11(14)2/h4-6,10,12H,7-9,16H2,1-3H3. The summed E-state index contributed by atoms with van der Waals surface area (Å²) in [5, 5.41) is 0.836. The fourth-order valence-corrected chi connectivity index (χ4v) is 2.81. The van der Waals surface area contributed by atoms with Gasteiger partial charge >= 0.3 is 0 Å². The highest BCUT2D eigenvalue weighted by atomic mass is 35.5. The van der Waals surface area contributed by atoms with E-state index in [1.807, 2.05) is 12.1 Å². The summed E-state index contributed by atoms with van der Waals surface area (Å²) in [7, 11) is 2.16. The Hall–Kier alpha value is -0.770. The van der Waals surface area contributed by atoms with Gasteiger partial charge in [0.05, 0.1) is 0 Å². The molecule has 1 aromatic carbocycles. The summed E-state index contributed by atoms with van der Waals surface area (Å²) in [6.45, 7) is 7.01. The molecular weight excluding hydrogens is 246 g/mol. The van der Waals surface area contributed by atoms with Gasteiger partial charge in [-0.25, -0.2) is 0 Å². The molecule has 0 bridgehead atoms. The van der Waals surface area contributed by atoms with Crippen molar-refractivity contribution in [3.05, 3.63) is 28.8 Å². The van der Waals surface area contributed by atoms with Crippen LogP contribution in [0.25, 0.3) is 0 Å². The van der Waals surface area contributed by atoms with Crippen LogP contribution < -0.4 is 10.6 Å². The number of rotatable bonds is 2. The zero-order valence-corrected chi connectivity index (χ0v) is 12.1. The number of likely N-dealkylation sites (N-methyl/N-ethyl adjacent to an activating group) is 1. The lowest BCUT2D eigenvalue weighted by molar-refractivity contribution is 0.162. The fourth-order valence-electron chi connectivity index (χ4n) is 2.64. The first-order valence-electron chi connectivity index (χ1n) is 6.46. The first kappa shape index (κ1) is 13.7. The molecule has 0 aliphatic carbocycles. The second kappa shape index (κ2) is 5.47. The monoisotopic (exact) mass is 267 g/mol. The molecule has 0 radical (unpaired) electrons. The zero-order valence-electron chi connectivity index (χ0n) is 11.4. The average Bonchev–Trinajstić information content (AvgIpc) is 2.36. The molecule has 1 saturated heterocycles. The number of benzene rings is 1. The van der Waals surface area contributed by atoms with Gasteiger partial charge in [-0.15, -0.1) is 0 Å². The summed E-state index contributed by atoms with van der Waals surface area (Å²) in [4.78, 5) is 4.78. The summed E-state index contributed by atoms with van der Waals surface area (Å²) in [6.07, 6.45) is 0. The van der Waals surface area contributed by atoms with Crippen molar-refractivity contribution < 1.29 is 0 Å². The highest BCUT2D eigenvalue weighted by Crippen LogP contribution is 2.29. The molecule has 100 valence electrons. The van der Waals surface area contributed by atoms with Crippen LogP contribution in [0.3, 0.4) is 0 Å². The van der Waals surface area contributed by atoms with E-state index >= 15 is 0 Å². The van der Waals surface area contributed by atoms with Crippen molar-refractivity contribution in [3.8, 4) is 0 Å². The van der Waals surface area contributed by atoms with Gasteiger partial charge < -0.3 is 10.6 Å². The quantitative estimate of drug-likeness (QED) is 0.891. The Bertz CT molecular complexity index is 422. The Kier molecular flexibility index (Phi) is 4.15. The Balaban J connectivity index is 2.26. The molecule has 0 aromatic heterocycles. The molecule has 1 aliphatic heterocycles. The first-order valence-corrected chi connectivity index (χ1v) is 6.84. The van der Waals surface area contributed by atoms with Gasteiger partial charge in [-0.2, -0.15) is 0 Å². The Morgan fingerprint density at radius 1 is 1.39 bits per heavy atom. The molecule has 0 amide bonds. The Labute approximate surface area is 115 Å². The number of nitrogens with zero attached hydrogens (tertiary/aromatic N) is 2. The molecule has 1 aliphatic rings. The summed E-state index contributed by atoms with van der Waals surface area (Å²) >= 11 is 6.21. The average molecular weight is 268 g/mol. The van der Waals surface area contributed by atoms with Crippen molar-refractivity contribution >= 4 is 17.3 Å². The van der Waals surface area contributed by atoms with Crippen LogP contribution in [0.1, 0.15) is 12.5 Å². The molecule has 3 nitrogen and oxygen atoms in total. The maximum absolute atomic E-state index is 6.21. The van der Waals surface area contributed by atoms with Crippen LogP contribution in [0.15, 0.2) is 18.2 Å². The van der Waals surface area contributed by atoms with E-state index in [-0.39, 0.29) is 0 Å². The predicted molar refractivity (Wildman–Crippen MR) is 78.5 cm³/mol. The van der Waals surface area contributed by atoms with E-state index in [0.717, 1.165) is 23.7 Å². The molecule has 2 rings (SSSR count). The van der Waals surface area contributed by atoms with Crippen LogP contribution in [-0.4, -0.2) is 43.7 Å². The van der Waals surface area contributed by atoms with Gasteiger partial charge in [0.1, 0.15) is 0 Å². The molecule has 4 heteroatoms. The topological polar surface area (TPSA) is 32.5 Å². The largest absolute Gasteiger partial charge is 0.368 e. The van der Waals surface area contributed by atoms with E-state index < -0.39 is 0 Å². The van der Waals surface area contributed by atoms with Crippen LogP contribution in [0.4, 0.5) is 5.69 Å². The number of halogens is 1. The van der Waals surface area contributed by atoms with E-state index in [9.17, 15) is 0 Å². The van der Waals surface area contributed by atoms with Crippen molar-refractivity contribution in [1.29, 1.82) is 0 Å². The molecule has 2 atom stereocenters. The van der Waals surface area contributed by atoms with Crippen molar-refractivity contribution in [2.45, 2.75) is 25.9 Å². The lowest BCUT2D eigenvalue weighted by atomic mass is 10.1. The lowest BCUT2D eigenvalue weighted by Crippen LogP contribution is -2.58. The smallest absolute Gasteiger partial charge is 0.0455 e.